The van der Waals surface area contributed by atoms with Crippen LogP contribution in [0.25, 0.3) is 5.69 Å². The Labute approximate surface area is 167 Å². The summed E-state index contributed by atoms with van der Waals surface area (Å²) in [6, 6.07) is 11.9. The van der Waals surface area contributed by atoms with Crippen molar-refractivity contribution in [1.29, 1.82) is 0 Å². The number of hydrogen-bond donors (Lipinski definition) is 1. The molecule has 0 aliphatic heterocycles. The molecule has 0 amide bonds. The summed E-state index contributed by atoms with van der Waals surface area (Å²) < 4.78 is 1.77. The van der Waals surface area contributed by atoms with Crippen LogP contribution >= 0.6 is 23.2 Å². The third-order valence-corrected chi connectivity index (χ3v) is 4.66. The Morgan fingerprint density at radius 3 is 2.56 bits per heavy atom. The molecular formula is C20H19Cl2N3O2. The van der Waals surface area contributed by atoms with Gasteiger partial charge in [0.1, 0.15) is 5.82 Å². The lowest BCUT2D eigenvalue weighted by Crippen LogP contribution is -2.18. The van der Waals surface area contributed by atoms with Gasteiger partial charge in [-0.15, -0.1) is 0 Å². The second-order valence-corrected chi connectivity index (χ2v) is 7.21. The number of benzene rings is 2. The number of aliphatic hydroxyl groups excluding tert-OH is 1. The quantitative estimate of drug-likeness (QED) is 0.632. The second kappa shape index (κ2) is 8.23. The summed E-state index contributed by atoms with van der Waals surface area (Å²) in [7, 11) is 3.84. The van der Waals surface area contributed by atoms with E-state index in [1.807, 2.05) is 19.0 Å². The molecule has 7 heteroatoms. The molecule has 0 atom stereocenters. The van der Waals surface area contributed by atoms with Gasteiger partial charge in [-0.05, 0) is 44.4 Å². The fourth-order valence-electron chi connectivity index (χ4n) is 2.90. The monoisotopic (exact) mass is 403 g/mol. The van der Waals surface area contributed by atoms with E-state index in [0.717, 1.165) is 0 Å². The van der Waals surface area contributed by atoms with Gasteiger partial charge in [0.25, 0.3) is 0 Å². The van der Waals surface area contributed by atoms with E-state index in [4.69, 9.17) is 23.2 Å². The first-order valence-corrected chi connectivity index (χ1v) is 9.08. The van der Waals surface area contributed by atoms with Crippen LogP contribution in [0.5, 0.6) is 0 Å². The van der Waals surface area contributed by atoms with Gasteiger partial charge in [-0.25, -0.2) is 4.98 Å². The van der Waals surface area contributed by atoms with E-state index in [1.165, 1.54) is 0 Å². The van der Waals surface area contributed by atoms with Crippen LogP contribution < -0.4 is 0 Å². The lowest BCUT2D eigenvalue weighted by molar-refractivity contribution is 0.103. The maximum absolute atomic E-state index is 13.2. The van der Waals surface area contributed by atoms with Crippen molar-refractivity contribution in [3.05, 3.63) is 81.4 Å². The molecule has 5 nitrogen and oxygen atoms in total. The predicted octanol–water partition coefficient (Wildman–Crippen LogP) is 3.96. The van der Waals surface area contributed by atoms with Crippen molar-refractivity contribution in [2.45, 2.75) is 13.2 Å². The summed E-state index contributed by atoms with van der Waals surface area (Å²) in [5.74, 6) is 0.472. The highest BCUT2D eigenvalue weighted by Gasteiger charge is 2.21. The minimum atomic E-state index is -0.222. The number of ketones is 1. The standard InChI is InChI=1S/C20H19Cl2N3O2/c1-24(2)11-19-23-10-14(12-26)25(19)18-9-13(21)7-8-16(18)20(27)15-5-3-4-6-17(15)22/h3-10,26H,11-12H2,1-2H3. The van der Waals surface area contributed by atoms with E-state index in [0.29, 0.717) is 44.9 Å². The number of hydrogen-bond acceptors (Lipinski definition) is 4. The van der Waals surface area contributed by atoms with E-state index >= 15 is 0 Å². The molecule has 0 spiro atoms. The fourth-order valence-corrected chi connectivity index (χ4v) is 3.29. The minimum absolute atomic E-state index is 0.216. The van der Waals surface area contributed by atoms with Gasteiger partial charge >= 0.3 is 0 Å². The molecular weight excluding hydrogens is 385 g/mol. The Kier molecular flexibility index (Phi) is 5.97. The van der Waals surface area contributed by atoms with Crippen molar-refractivity contribution in [2.75, 3.05) is 14.1 Å². The average molecular weight is 404 g/mol. The molecule has 27 heavy (non-hydrogen) atoms. The van der Waals surface area contributed by atoms with E-state index in [2.05, 4.69) is 4.98 Å². The van der Waals surface area contributed by atoms with Crippen LogP contribution in [0.1, 0.15) is 27.4 Å². The first-order chi connectivity index (χ1) is 12.9. The maximum atomic E-state index is 13.2. The average Bonchev–Trinajstić information content (AvgIpc) is 3.03. The highest BCUT2D eigenvalue weighted by atomic mass is 35.5. The van der Waals surface area contributed by atoms with Crippen molar-refractivity contribution in [2.24, 2.45) is 0 Å². The zero-order valence-corrected chi connectivity index (χ0v) is 16.5. The van der Waals surface area contributed by atoms with Crippen molar-refractivity contribution < 1.29 is 9.90 Å². The first kappa shape index (κ1) is 19.6. The molecule has 1 aromatic heterocycles. The molecule has 0 unspecified atom stereocenters. The largest absolute Gasteiger partial charge is 0.390 e. The number of carbonyl (C=O) groups is 1. The third kappa shape index (κ3) is 4.06. The molecule has 3 rings (SSSR count). The fraction of sp³-hybridized carbons (Fsp3) is 0.200. The lowest BCUT2D eigenvalue weighted by Gasteiger charge is -2.17. The van der Waals surface area contributed by atoms with E-state index in [9.17, 15) is 9.90 Å². The van der Waals surface area contributed by atoms with Gasteiger partial charge in [0.15, 0.2) is 5.78 Å². The number of nitrogens with zero attached hydrogens (tertiary/aromatic N) is 3. The van der Waals surface area contributed by atoms with Gasteiger partial charge in [0.05, 0.1) is 35.8 Å². The van der Waals surface area contributed by atoms with Crippen molar-refractivity contribution >= 4 is 29.0 Å². The molecule has 0 radical (unpaired) electrons. The Bertz CT molecular complexity index is 983. The normalized spacial score (nSPS) is 11.2. The van der Waals surface area contributed by atoms with Gasteiger partial charge in [-0.3, -0.25) is 9.36 Å². The van der Waals surface area contributed by atoms with Crippen LogP contribution in [0.4, 0.5) is 0 Å². The third-order valence-electron chi connectivity index (χ3n) is 4.09. The number of aliphatic hydroxyl groups is 1. The van der Waals surface area contributed by atoms with E-state index in [-0.39, 0.29) is 12.4 Å². The van der Waals surface area contributed by atoms with Crippen molar-refractivity contribution in [1.82, 2.24) is 14.5 Å². The molecule has 0 aliphatic carbocycles. The topological polar surface area (TPSA) is 58.4 Å². The molecule has 1 N–H and O–H groups in total. The molecule has 0 fully saturated rings. The van der Waals surface area contributed by atoms with Crippen LogP contribution in [0.2, 0.25) is 10.0 Å². The summed E-state index contributed by atoms with van der Waals surface area (Å²) in [4.78, 5) is 19.6. The minimum Gasteiger partial charge on any atom is -0.390 e. The van der Waals surface area contributed by atoms with Crippen molar-refractivity contribution in [3.8, 4) is 5.69 Å². The van der Waals surface area contributed by atoms with Crippen LogP contribution in [0, 0.1) is 0 Å². The molecule has 0 aliphatic rings. The van der Waals surface area contributed by atoms with E-state index in [1.54, 1.807) is 53.2 Å². The van der Waals surface area contributed by atoms with Gasteiger partial charge in [-0.2, -0.15) is 0 Å². The number of rotatable bonds is 6. The lowest BCUT2D eigenvalue weighted by atomic mass is 10.0. The zero-order valence-electron chi connectivity index (χ0n) is 15.0. The van der Waals surface area contributed by atoms with Gasteiger partial charge in [0.2, 0.25) is 0 Å². The molecule has 3 aromatic rings. The first-order valence-electron chi connectivity index (χ1n) is 8.32. The highest BCUT2D eigenvalue weighted by molar-refractivity contribution is 6.35. The van der Waals surface area contributed by atoms with Crippen LogP contribution in [0.3, 0.4) is 0 Å². The number of imidazole rings is 1. The van der Waals surface area contributed by atoms with Crippen LogP contribution in [0.15, 0.2) is 48.7 Å². The second-order valence-electron chi connectivity index (χ2n) is 6.37. The molecule has 0 bridgehead atoms. The Hall–Kier alpha value is -2.18. The number of halogens is 2. The van der Waals surface area contributed by atoms with Crippen LogP contribution in [-0.2, 0) is 13.2 Å². The Morgan fingerprint density at radius 2 is 1.89 bits per heavy atom. The number of aromatic nitrogens is 2. The molecule has 0 saturated heterocycles. The zero-order chi connectivity index (χ0) is 19.6. The predicted molar refractivity (Wildman–Crippen MR) is 107 cm³/mol. The van der Waals surface area contributed by atoms with Gasteiger partial charge < -0.3 is 10.0 Å². The van der Waals surface area contributed by atoms with Crippen molar-refractivity contribution in [3.63, 3.8) is 0 Å². The van der Waals surface area contributed by atoms with Gasteiger partial charge in [-0.1, -0.05) is 35.3 Å². The molecule has 140 valence electrons. The maximum Gasteiger partial charge on any atom is 0.196 e. The SMILES string of the molecule is CN(C)Cc1ncc(CO)n1-c1cc(Cl)ccc1C(=O)c1ccccc1Cl. The smallest absolute Gasteiger partial charge is 0.196 e. The summed E-state index contributed by atoms with van der Waals surface area (Å²) in [6.07, 6.45) is 1.60. The summed E-state index contributed by atoms with van der Waals surface area (Å²) >= 11 is 12.4. The number of carbonyl (C=O) groups excluding carboxylic acids is 1. The summed E-state index contributed by atoms with van der Waals surface area (Å²) in [6.45, 7) is 0.318. The highest BCUT2D eigenvalue weighted by Crippen LogP contribution is 2.28. The van der Waals surface area contributed by atoms with E-state index < -0.39 is 0 Å². The molecule has 2 aromatic carbocycles. The molecule has 1 heterocycles. The molecule has 0 saturated carbocycles. The Balaban J connectivity index is 2.21. The van der Waals surface area contributed by atoms with Gasteiger partial charge in [0, 0.05) is 16.1 Å². The Morgan fingerprint density at radius 1 is 1.15 bits per heavy atom. The summed E-state index contributed by atoms with van der Waals surface area (Å²) in [5, 5.41) is 10.6. The van der Waals surface area contributed by atoms with Crippen LogP contribution in [-0.4, -0.2) is 39.4 Å². The summed E-state index contributed by atoms with van der Waals surface area (Å²) in [5.41, 5.74) is 1.97.